The first kappa shape index (κ1) is 15.2. The molecule has 2 rings (SSSR count). The molecule has 0 aliphatic heterocycles. The van der Waals surface area contributed by atoms with Crippen molar-refractivity contribution in [3.63, 3.8) is 0 Å². The molecule has 1 heterocycles. The van der Waals surface area contributed by atoms with E-state index in [1.165, 1.54) is 6.42 Å². The first-order chi connectivity index (χ1) is 9.45. The van der Waals surface area contributed by atoms with Gasteiger partial charge in [0.25, 0.3) is 0 Å². The first-order valence-electron chi connectivity index (χ1n) is 7.62. The Bertz CT molecular complexity index is 466. The molecule has 0 aromatic carbocycles. The number of nitrogens with zero attached hydrogens (tertiary/aromatic N) is 3. The van der Waals surface area contributed by atoms with E-state index < -0.39 is 0 Å². The van der Waals surface area contributed by atoms with Crippen molar-refractivity contribution in [1.29, 1.82) is 0 Å². The monoisotopic (exact) mass is 277 g/mol. The maximum absolute atomic E-state index is 12.8. The molecular formula is C16H27N3O. The van der Waals surface area contributed by atoms with Gasteiger partial charge < -0.3 is 4.57 Å². The van der Waals surface area contributed by atoms with Gasteiger partial charge in [-0.1, -0.05) is 19.8 Å². The molecule has 1 aliphatic rings. The van der Waals surface area contributed by atoms with Crippen LogP contribution in [-0.2, 0) is 18.3 Å². The van der Waals surface area contributed by atoms with Crippen LogP contribution in [0.3, 0.4) is 0 Å². The molecule has 0 bridgehead atoms. The number of Topliss-reactive ketones (excluding diaryl/α,β-unsaturated/α-hetero) is 1. The summed E-state index contributed by atoms with van der Waals surface area (Å²) in [5.74, 6) is 2.02. The quantitative estimate of drug-likeness (QED) is 0.829. The minimum absolute atomic E-state index is 0.247. The number of likely N-dealkylation sites (N-methyl/N-ethyl adjacent to an activating group) is 1. The van der Waals surface area contributed by atoms with Crippen molar-refractivity contribution in [2.75, 3.05) is 14.1 Å². The van der Waals surface area contributed by atoms with Gasteiger partial charge >= 0.3 is 0 Å². The summed E-state index contributed by atoms with van der Waals surface area (Å²) < 4.78 is 2.00. The van der Waals surface area contributed by atoms with Crippen LogP contribution in [0.5, 0.6) is 0 Å². The third-order valence-corrected chi connectivity index (χ3v) is 4.85. The molecule has 1 aromatic rings. The number of hydrogen-bond acceptors (Lipinski definition) is 3. The van der Waals surface area contributed by atoms with Gasteiger partial charge in [0.1, 0.15) is 5.82 Å². The molecule has 2 unspecified atom stereocenters. The molecular weight excluding hydrogens is 250 g/mol. The molecule has 0 amide bonds. The predicted molar refractivity (Wildman–Crippen MR) is 80.6 cm³/mol. The lowest BCUT2D eigenvalue weighted by Crippen LogP contribution is -2.53. The van der Waals surface area contributed by atoms with Gasteiger partial charge in [-0.05, 0) is 32.9 Å². The molecule has 112 valence electrons. The summed E-state index contributed by atoms with van der Waals surface area (Å²) in [6.07, 6.45) is 9.48. The normalized spacial score (nSPS) is 26.9. The molecule has 2 atom stereocenters. The predicted octanol–water partition coefficient (Wildman–Crippen LogP) is 2.43. The summed E-state index contributed by atoms with van der Waals surface area (Å²) in [5.41, 5.74) is -0.247. The van der Waals surface area contributed by atoms with Crippen molar-refractivity contribution in [3.8, 4) is 0 Å². The third-order valence-electron chi connectivity index (χ3n) is 4.85. The van der Waals surface area contributed by atoms with Crippen molar-refractivity contribution in [2.45, 2.75) is 51.0 Å². The number of imidazole rings is 1. The van der Waals surface area contributed by atoms with Crippen LogP contribution < -0.4 is 0 Å². The summed E-state index contributed by atoms with van der Waals surface area (Å²) in [5, 5.41) is 0. The summed E-state index contributed by atoms with van der Waals surface area (Å²) in [7, 11) is 6.09. The van der Waals surface area contributed by atoms with Crippen molar-refractivity contribution >= 4 is 5.78 Å². The van der Waals surface area contributed by atoms with E-state index in [0.717, 1.165) is 31.5 Å². The highest BCUT2D eigenvalue weighted by atomic mass is 16.1. The minimum atomic E-state index is -0.247. The minimum Gasteiger partial charge on any atom is -0.338 e. The van der Waals surface area contributed by atoms with Gasteiger partial charge in [-0.25, -0.2) is 4.98 Å². The lowest BCUT2D eigenvalue weighted by Gasteiger charge is -2.44. The smallest absolute Gasteiger partial charge is 0.153 e. The standard InChI is InChI=1S/C16H27N3O/c1-13-6-5-9-16(12-13,18(2)3)14(20)7-8-15-17-10-11-19(15)4/h10-11,13H,5-9,12H2,1-4H3. The number of aromatic nitrogens is 2. The molecule has 1 fully saturated rings. The van der Waals surface area contributed by atoms with Crippen LogP contribution in [0, 0.1) is 5.92 Å². The van der Waals surface area contributed by atoms with Crippen LogP contribution in [0.25, 0.3) is 0 Å². The number of ketones is 1. The Kier molecular flexibility index (Phi) is 4.63. The Hall–Kier alpha value is -1.16. The van der Waals surface area contributed by atoms with Crippen LogP contribution in [0.15, 0.2) is 12.4 Å². The summed E-state index contributed by atoms with van der Waals surface area (Å²) >= 11 is 0. The van der Waals surface area contributed by atoms with Gasteiger partial charge in [0.2, 0.25) is 0 Å². The van der Waals surface area contributed by atoms with E-state index in [2.05, 4.69) is 30.9 Å². The van der Waals surface area contributed by atoms with Gasteiger partial charge in [0.05, 0.1) is 5.54 Å². The number of carbonyl (C=O) groups excluding carboxylic acids is 1. The second-order valence-corrected chi connectivity index (χ2v) is 6.51. The maximum Gasteiger partial charge on any atom is 0.153 e. The number of rotatable bonds is 5. The van der Waals surface area contributed by atoms with Crippen LogP contribution in [0.2, 0.25) is 0 Å². The Balaban J connectivity index is 2.06. The highest BCUT2D eigenvalue weighted by molar-refractivity contribution is 5.88. The summed E-state index contributed by atoms with van der Waals surface area (Å²) in [6, 6.07) is 0. The van der Waals surface area contributed by atoms with Crippen molar-refractivity contribution < 1.29 is 4.79 Å². The van der Waals surface area contributed by atoms with E-state index in [-0.39, 0.29) is 5.54 Å². The van der Waals surface area contributed by atoms with Gasteiger partial charge in [-0.3, -0.25) is 9.69 Å². The highest BCUT2D eigenvalue weighted by Gasteiger charge is 2.42. The second-order valence-electron chi connectivity index (χ2n) is 6.51. The van der Waals surface area contributed by atoms with Crippen LogP contribution >= 0.6 is 0 Å². The van der Waals surface area contributed by atoms with E-state index in [0.29, 0.717) is 18.1 Å². The summed E-state index contributed by atoms with van der Waals surface area (Å²) in [4.78, 5) is 19.3. The van der Waals surface area contributed by atoms with E-state index in [1.54, 1.807) is 6.20 Å². The van der Waals surface area contributed by atoms with E-state index in [1.807, 2.05) is 17.8 Å². The molecule has 1 aliphatic carbocycles. The molecule has 20 heavy (non-hydrogen) atoms. The second kappa shape index (κ2) is 6.08. The third kappa shape index (κ3) is 2.95. The molecule has 0 radical (unpaired) electrons. The van der Waals surface area contributed by atoms with Gasteiger partial charge in [-0.2, -0.15) is 0 Å². The molecule has 0 spiro atoms. The molecule has 1 saturated carbocycles. The Morgan fingerprint density at radius 1 is 1.55 bits per heavy atom. The summed E-state index contributed by atoms with van der Waals surface area (Å²) in [6.45, 7) is 2.27. The fourth-order valence-electron chi connectivity index (χ4n) is 3.53. The Morgan fingerprint density at radius 3 is 2.85 bits per heavy atom. The molecule has 4 heteroatoms. The number of carbonyl (C=O) groups is 1. The first-order valence-corrected chi connectivity index (χ1v) is 7.62. The van der Waals surface area contributed by atoms with Gasteiger partial charge in [0.15, 0.2) is 5.78 Å². The topological polar surface area (TPSA) is 38.1 Å². The molecule has 0 N–H and O–H groups in total. The van der Waals surface area contributed by atoms with E-state index in [9.17, 15) is 4.79 Å². The van der Waals surface area contributed by atoms with E-state index >= 15 is 0 Å². The Labute approximate surface area is 122 Å². The Morgan fingerprint density at radius 2 is 2.30 bits per heavy atom. The van der Waals surface area contributed by atoms with Gasteiger partial charge in [-0.15, -0.1) is 0 Å². The van der Waals surface area contributed by atoms with E-state index in [4.69, 9.17) is 0 Å². The molecule has 0 saturated heterocycles. The molecule has 4 nitrogen and oxygen atoms in total. The largest absolute Gasteiger partial charge is 0.338 e. The maximum atomic E-state index is 12.8. The van der Waals surface area contributed by atoms with Crippen LogP contribution in [0.4, 0.5) is 0 Å². The SMILES string of the molecule is CC1CCCC(C(=O)CCc2nccn2C)(N(C)C)C1. The lowest BCUT2D eigenvalue weighted by molar-refractivity contribution is -0.132. The van der Waals surface area contributed by atoms with Crippen LogP contribution in [0.1, 0.15) is 44.9 Å². The zero-order valence-electron chi connectivity index (χ0n) is 13.2. The zero-order valence-corrected chi connectivity index (χ0v) is 13.2. The zero-order chi connectivity index (χ0) is 14.8. The average molecular weight is 277 g/mol. The molecule has 1 aromatic heterocycles. The van der Waals surface area contributed by atoms with Crippen molar-refractivity contribution in [1.82, 2.24) is 14.5 Å². The van der Waals surface area contributed by atoms with Crippen LogP contribution in [-0.4, -0.2) is 39.9 Å². The fourth-order valence-corrected chi connectivity index (χ4v) is 3.53. The highest BCUT2D eigenvalue weighted by Crippen LogP contribution is 2.37. The average Bonchev–Trinajstić information content (AvgIpc) is 2.81. The lowest BCUT2D eigenvalue weighted by atomic mass is 9.72. The number of hydrogen-bond donors (Lipinski definition) is 0. The van der Waals surface area contributed by atoms with Gasteiger partial charge in [0, 0.05) is 32.3 Å². The number of aryl methyl sites for hydroxylation is 2. The fraction of sp³-hybridized carbons (Fsp3) is 0.750. The van der Waals surface area contributed by atoms with Crippen molar-refractivity contribution in [2.24, 2.45) is 13.0 Å². The van der Waals surface area contributed by atoms with Crippen molar-refractivity contribution in [3.05, 3.63) is 18.2 Å².